The SMILES string of the molecule is C=CC(=O)OCC(=O)Oc1ccc2c(ccc3cc(OC(=O)COC(=O)C=C)ccc32)c1. The third-order valence-electron chi connectivity index (χ3n) is 4.24. The van der Waals surface area contributed by atoms with E-state index in [9.17, 15) is 19.2 Å². The largest absolute Gasteiger partial charge is 0.451 e. The van der Waals surface area contributed by atoms with E-state index in [2.05, 4.69) is 22.6 Å². The molecule has 0 radical (unpaired) electrons. The first-order valence-corrected chi connectivity index (χ1v) is 9.36. The van der Waals surface area contributed by atoms with Gasteiger partial charge in [0.25, 0.3) is 0 Å². The summed E-state index contributed by atoms with van der Waals surface area (Å²) in [5.41, 5.74) is 0. The average molecular weight is 434 g/mol. The molecule has 0 aliphatic rings. The van der Waals surface area contributed by atoms with E-state index in [1.54, 1.807) is 36.4 Å². The summed E-state index contributed by atoms with van der Waals surface area (Å²) < 4.78 is 19.7. The van der Waals surface area contributed by atoms with Crippen LogP contribution in [-0.4, -0.2) is 37.1 Å². The van der Waals surface area contributed by atoms with Crippen LogP contribution < -0.4 is 9.47 Å². The topological polar surface area (TPSA) is 105 Å². The van der Waals surface area contributed by atoms with E-state index < -0.39 is 37.1 Å². The van der Waals surface area contributed by atoms with Crippen molar-refractivity contribution in [2.75, 3.05) is 13.2 Å². The highest BCUT2D eigenvalue weighted by Gasteiger charge is 2.11. The minimum atomic E-state index is -0.717. The maximum Gasteiger partial charge on any atom is 0.349 e. The van der Waals surface area contributed by atoms with Gasteiger partial charge in [0.1, 0.15) is 11.5 Å². The Morgan fingerprint density at radius 2 is 1.06 bits per heavy atom. The second-order valence-corrected chi connectivity index (χ2v) is 6.40. The van der Waals surface area contributed by atoms with Crippen LogP contribution in [-0.2, 0) is 28.7 Å². The number of esters is 4. The van der Waals surface area contributed by atoms with Crippen LogP contribution in [0.3, 0.4) is 0 Å². The highest BCUT2D eigenvalue weighted by Crippen LogP contribution is 2.30. The molecule has 0 unspecified atom stereocenters. The molecule has 3 rings (SSSR count). The molecule has 0 spiro atoms. The molecule has 0 heterocycles. The molecule has 8 nitrogen and oxygen atoms in total. The lowest BCUT2D eigenvalue weighted by Crippen LogP contribution is -2.17. The fourth-order valence-corrected chi connectivity index (χ4v) is 2.85. The maximum atomic E-state index is 11.8. The molecule has 162 valence electrons. The minimum Gasteiger partial charge on any atom is -0.451 e. The summed E-state index contributed by atoms with van der Waals surface area (Å²) >= 11 is 0. The van der Waals surface area contributed by atoms with Crippen LogP contribution in [0.15, 0.2) is 73.8 Å². The zero-order valence-corrected chi connectivity index (χ0v) is 16.9. The zero-order valence-electron chi connectivity index (χ0n) is 16.9. The Labute approximate surface area is 182 Å². The van der Waals surface area contributed by atoms with Crippen molar-refractivity contribution in [1.29, 1.82) is 0 Å². The van der Waals surface area contributed by atoms with Crippen LogP contribution in [0.2, 0.25) is 0 Å². The predicted molar refractivity (Wildman–Crippen MR) is 115 cm³/mol. The lowest BCUT2D eigenvalue weighted by molar-refractivity contribution is -0.150. The lowest BCUT2D eigenvalue weighted by Gasteiger charge is -2.09. The van der Waals surface area contributed by atoms with Crippen molar-refractivity contribution in [2.45, 2.75) is 0 Å². The molecule has 0 saturated heterocycles. The number of hydrogen-bond acceptors (Lipinski definition) is 8. The van der Waals surface area contributed by atoms with Gasteiger partial charge >= 0.3 is 23.9 Å². The van der Waals surface area contributed by atoms with Crippen molar-refractivity contribution in [2.24, 2.45) is 0 Å². The molecule has 0 saturated carbocycles. The van der Waals surface area contributed by atoms with Gasteiger partial charge in [-0.15, -0.1) is 0 Å². The summed E-state index contributed by atoms with van der Waals surface area (Å²) in [7, 11) is 0. The smallest absolute Gasteiger partial charge is 0.349 e. The molecule has 32 heavy (non-hydrogen) atoms. The fourth-order valence-electron chi connectivity index (χ4n) is 2.85. The number of benzene rings is 3. The van der Waals surface area contributed by atoms with Crippen LogP contribution in [0, 0.1) is 0 Å². The second-order valence-electron chi connectivity index (χ2n) is 6.40. The van der Waals surface area contributed by atoms with E-state index in [4.69, 9.17) is 9.47 Å². The molecular formula is C24H18O8. The van der Waals surface area contributed by atoms with Gasteiger partial charge in [0.05, 0.1) is 0 Å². The van der Waals surface area contributed by atoms with Crippen molar-refractivity contribution in [3.63, 3.8) is 0 Å². The Bertz CT molecular complexity index is 1140. The standard InChI is InChI=1S/C24H18O8/c1-3-21(25)29-13-23(27)31-17-7-9-19-15(11-17)5-6-16-12-18(8-10-20(16)19)32-24(28)14-30-22(26)4-2/h3-12H,1-2,13-14H2. The molecule has 3 aromatic rings. The van der Waals surface area contributed by atoms with Crippen LogP contribution in [0.25, 0.3) is 21.5 Å². The van der Waals surface area contributed by atoms with Crippen LogP contribution in [0.4, 0.5) is 0 Å². The Morgan fingerprint density at radius 3 is 1.44 bits per heavy atom. The third kappa shape index (κ3) is 5.57. The van der Waals surface area contributed by atoms with Crippen molar-refractivity contribution in [3.05, 3.63) is 73.8 Å². The van der Waals surface area contributed by atoms with Gasteiger partial charge in [-0.3, -0.25) is 0 Å². The molecule has 0 aliphatic carbocycles. The summed E-state index contributed by atoms with van der Waals surface area (Å²) in [6, 6.07) is 13.8. The highest BCUT2D eigenvalue weighted by molar-refractivity contribution is 6.08. The van der Waals surface area contributed by atoms with Gasteiger partial charge in [-0.1, -0.05) is 37.4 Å². The number of carbonyl (C=O) groups is 4. The molecule has 0 amide bonds. The molecule has 0 bridgehead atoms. The van der Waals surface area contributed by atoms with E-state index in [0.29, 0.717) is 11.5 Å². The Morgan fingerprint density at radius 1 is 0.656 bits per heavy atom. The average Bonchev–Trinajstić information content (AvgIpc) is 2.80. The van der Waals surface area contributed by atoms with Gasteiger partial charge in [-0.05, 0) is 45.8 Å². The summed E-state index contributed by atoms with van der Waals surface area (Å²) in [5, 5.41) is 3.40. The summed E-state index contributed by atoms with van der Waals surface area (Å²) in [6.45, 7) is 5.46. The molecule has 0 N–H and O–H groups in total. The Kier molecular flexibility index (Phi) is 6.97. The number of rotatable bonds is 8. The van der Waals surface area contributed by atoms with Crippen molar-refractivity contribution >= 4 is 45.4 Å². The second kappa shape index (κ2) is 10.0. The normalized spacial score (nSPS) is 10.2. The summed E-state index contributed by atoms with van der Waals surface area (Å²) in [6.07, 6.45) is 1.91. The minimum absolute atomic E-state index is 0.302. The first-order valence-electron chi connectivity index (χ1n) is 9.36. The van der Waals surface area contributed by atoms with Gasteiger partial charge < -0.3 is 18.9 Å². The third-order valence-corrected chi connectivity index (χ3v) is 4.24. The first-order chi connectivity index (χ1) is 15.4. The van der Waals surface area contributed by atoms with Crippen LogP contribution in [0.1, 0.15) is 0 Å². The molecule has 0 aliphatic heterocycles. The van der Waals surface area contributed by atoms with Gasteiger partial charge in [-0.25, -0.2) is 19.2 Å². The number of fused-ring (bicyclic) bond motifs is 3. The van der Waals surface area contributed by atoms with E-state index in [1.807, 2.05) is 12.1 Å². The molecule has 8 heteroatoms. The van der Waals surface area contributed by atoms with Crippen molar-refractivity contribution in [1.82, 2.24) is 0 Å². The summed E-state index contributed by atoms with van der Waals surface area (Å²) in [5.74, 6) is -2.26. The van der Waals surface area contributed by atoms with E-state index in [1.165, 1.54) is 0 Å². The Hall–Kier alpha value is -4.46. The Balaban J connectivity index is 1.74. The fraction of sp³-hybridized carbons (Fsp3) is 0.0833. The van der Waals surface area contributed by atoms with Gasteiger partial charge in [-0.2, -0.15) is 0 Å². The maximum absolute atomic E-state index is 11.8. The van der Waals surface area contributed by atoms with Crippen LogP contribution >= 0.6 is 0 Å². The van der Waals surface area contributed by atoms with E-state index in [0.717, 1.165) is 33.7 Å². The zero-order chi connectivity index (χ0) is 23.1. The summed E-state index contributed by atoms with van der Waals surface area (Å²) in [4.78, 5) is 45.6. The van der Waals surface area contributed by atoms with Gasteiger partial charge in [0, 0.05) is 12.2 Å². The number of hydrogen-bond donors (Lipinski definition) is 0. The van der Waals surface area contributed by atoms with Crippen molar-refractivity contribution in [3.8, 4) is 11.5 Å². The quantitative estimate of drug-likeness (QED) is 0.230. The highest BCUT2D eigenvalue weighted by atomic mass is 16.6. The molecule has 3 aromatic carbocycles. The van der Waals surface area contributed by atoms with Gasteiger partial charge in [0.15, 0.2) is 13.2 Å². The predicted octanol–water partition coefficient (Wildman–Crippen LogP) is 3.26. The first kappa shape index (κ1) is 22.2. The lowest BCUT2D eigenvalue weighted by atomic mass is 10.0. The van der Waals surface area contributed by atoms with E-state index in [-0.39, 0.29) is 0 Å². The molecular weight excluding hydrogens is 416 g/mol. The number of ether oxygens (including phenoxy) is 4. The molecule has 0 atom stereocenters. The molecule has 0 aromatic heterocycles. The van der Waals surface area contributed by atoms with E-state index >= 15 is 0 Å². The van der Waals surface area contributed by atoms with Gasteiger partial charge in [0.2, 0.25) is 0 Å². The van der Waals surface area contributed by atoms with Crippen molar-refractivity contribution < 1.29 is 38.1 Å². The monoisotopic (exact) mass is 434 g/mol. The van der Waals surface area contributed by atoms with Crippen LogP contribution in [0.5, 0.6) is 11.5 Å². The number of carbonyl (C=O) groups excluding carboxylic acids is 4. The molecule has 0 fully saturated rings.